The van der Waals surface area contributed by atoms with Gasteiger partial charge in [0.15, 0.2) is 15.6 Å². The van der Waals surface area contributed by atoms with Crippen LogP contribution in [0.25, 0.3) is 22.4 Å². The number of rotatable bonds is 7. The third kappa shape index (κ3) is 5.85. The predicted octanol–water partition coefficient (Wildman–Crippen LogP) is 6.20. The fourth-order valence-corrected chi connectivity index (χ4v) is 5.42. The molecule has 0 bridgehead atoms. The predicted molar refractivity (Wildman–Crippen MR) is 146 cm³/mol. The quantitative estimate of drug-likeness (QED) is 0.251. The van der Waals surface area contributed by atoms with Crippen LogP contribution < -0.4 is 10.6 Å². The van der Waals surface area contributed by atoms with Gasteiger partial charge in [-0.1, -0.05) is 54.1 Å². The van der Waals surface area contributed by atoms with E-state index in [1.807, 2.05) is 35.7 Å². The van der Waals surface area contributed by atoms with Crippen molar-refractivity contribution in [3.05, 3.63) is 105 Å². The lowest BCUT2D eigenvalue weighted by atomic mass is 9.99. The maximum atomic E-state index is 12.9. The summed E-state index contributed by atoms with van der Waals surface area (Å²) in [5.74, 6) is 0.668. The van der Waals surface area contributed by atoms with Crippen molar-refractivity contribution in [1.82, 2.24) is 15.6 Å². The molecule has 2 N–H and O–H groups in total. The van der Waals surface area contributed by atoms with E-state index in [1.165, 1.54) is 17.4 Å². The van der Waals surface area contributed by atoms with Crippen molar-refractivity contribution in [2.24, 2.45) is 0 Å². The van der Waals surface area contributed by atoms with Crippen molar-refractivity contribution in [3.8, 4) is 11.5 Å². The van der Waals surface area contributed by atoms with Crippen molar-refractivity contribution in [1.29, 1.82) is 0 Å². The first-order valence-corrected chi connectivity index (χ1v) is 14.4. The summed E-state index contributed by atoms with van der Waals surface area (Å²) in [6.45, 7) is 0.216. The SMILES string of the molecule is CS(=O)(=O)c1cccc(C(NC(=O)NCc2nc(-c3cc4ccccc4o3)cs2)c2ccc(Cl)cc2)c1. The highest BCUT2D eigenvalue weighted by Crippen LogP contribution is 2.29. The summed E-state index contributed by atoms with van der Waals surface area (Å²) in [6, 6.07) is 22.2. The molecule has 2 heterocycles. The van der Waals surface area contributed by atoms with Gasteiger partial charge in [0, 0.05) is 22.0 Å². The maximum Gasteiger partial charge on any atom is 0.315 e. The van der Waals surface area contributed by atoms with Gasteiger partial charge >= 0.3 is 6.03 Å². The number of hydrogen-bond donors (Lipinski definition) is 2. The van der Waals surface area contributed by atoms with Gasteiger partial charge in [0.1, 0.15) is 16.3 Å². The number of carbonyl (C=O) groups is 1. The first kappa shape index (κ1) is 25.0. The summed E-state index contributed by atoms with van der Waals surface area (Å²) in [7, 11) is -3.42. The number of halogens is 1. The molecular formula is C27H22ClN3O4S2. The lowest BCUT2D eigenvalue weighted by molar-refractivity contribution is 0.238. The summed E-state index contributed by atoms with van der Waals surface area (Å²) in [6.07, 6.45) is 1.15. The molecular weight excluding hydrogens is 530 g/mol. The zero-order chi connectivity index (χ0) is 26.0. The Morgan fingerprint density at radius 1 is 1.03 bits per heavy atom. The van der Waals surface area contributed by atoms with Crippen LogP contribution in [0.3, 0.4) is 0 Å². The van der Waals surface area contributed by atoms with Crippen molar-refractivity contribution in [2.75, 3.05) is 6.26 Å². The van der Waals surface area contributed by atoms with Crippen LogP contribution in [-0.4, -0.2) is 25.7 Å². The van der Waals surface area contributed by atoms with E-state index in [2.05, 4.69) is 15.6 Å². The molecule has 3 aromatic carbocycles. The molecule has 0 saturated carbocycles. The number of aromatic nitrogens is 1. The van der Waals surface area contributed by atoms with Gasteiger partial charge in [-0.3, -0.25) is 0 Å². The Balaban J connectivity index is 1.31. The molecule has 1 atom stereocenters. The minimum atomic E-state index is -3.42. The second kappa shape index (κ2) is 10.4. The fraction of sp³-hybridized carbons (Fsp3) is 0.111. The van der Waals surface area contributed by atoms with Gasteiger partial charge in [-0.2, -0.15) is 0 Å². The Labute approximate surface area is 223 Å². The largest absolute Gasteiger partial charge is 0.454 e. The molecule has 10 heteroatoms. The maximum absolute atomic E-state index is 12.9. The Morgan fingerprint density at radius 3 is 2.57 bits per heavy atom. The van der Waals surface area contributed by atoms with Crippen LogP contribution >= 0.6 is 22.9 Å². The summed E-state index contributed by atoms with van der Waals surface area (Å²) < 4.78 is 30.1. The highest BCUT2D eigenvalue weighted by molar-refractivity contribution is 7.90. The lowest BCUT2D eigenvalue weighted by Crippen LogP contribution is -2.38. The molecule has 5 rings (SSSR count). The zero-order valence-corrected chi connectivity index (χ0v) is 22.0. The second-order valence-corrected chi connectivity index (χ2v) is 11.8. The molecule has 188 valence electrons. The number of carbonyl (C=O) groups excluding carboxylic acids is 1. The van der Waals surface area contributed by atoms with Crippen molar-refractivity contribution < 1.29 is 17.6 Å². The van der Waals surface area contributed by atoms with Crippen LogP contribution in [0.15, 0.2) is 93.6 Å². The fourth-order valence-electron chi connectivity index (χ4n) is 3.89. The normalized spacial score (nSPS) is 12.4. The standard InChI is InChI=1S/C27H22ClN3O4S2/c1-37(33,34)21-7-4-6-19(13-21)26(17-9-11-20(28)12-10-17)31-27(32)29-15-25-30-22(16-36-25)24-14-18-5-2-3-8-23(18)35-24/h2-14,16,26H,15H2,1H3,(H2,29,31,32). The average Bonchev–Trinajstić information content (AvgIpc) is 3.53. The topological polar surface area (TPSA) is 101 Å². The van der Waals surface area contributed by atoms with E-state index in [9.17, 15) is 13.2 Å². The van der Waals surface area contributed by atoms with Gasteiger partial charge in [0.05, 0.1) is 17.5 Å². The van der Waals surface area contributed by atoms with Crippen LogP contribution in [0, 0.1) is 0 Å². The number of para-hydroxylation sites is 1. The molecule has 1 unspecified atom stereocenters. The smallest absolute Gasteiger partial charge is 0.315 e. The Kier molecular flexibility index (Phi) is 7.01. The van der Waals surface area contributed by atoms with Gasteiger partial charge in [-0.25, -0.2) is 18.2 Å². The number of nitrogens with zero attached hydrogens (tertiary/aromatic N) is 1. The number of thiazole rings is 1. The molecule has 5 aromatic rings. The highest BCUT2D eigenvalue weighted by atomic mass is 35.5. The molecule has 0 aliphatic carbocycles. The molecule has 0 spiro atoms. The summed E-state index contributed by atoms with van der Waals surface area (Å²) in [5.41, 5.74) is 2.88. The molecule has 0 radical (unpaired) electrons. The number of nitrogens with one attached hydrogen (secondary N) is 2. The van der Waals surface area contributed by atoms with Crippen LogP contribution in [0.1, 0.15) is 22.2 Å². The summed E-state index contributed by atoms with van der Waals surface area (Å²) in [4.78, 5) is 17.7. The average molecular weight is 552 g/mol. The van der Waals surface area contributed by atoms with Gasteiger partial charge in [0.25, 0.3) is 0 Å². The van der Waals surface area contributed by atoms with Crippen LogP contribution in [0.4, 0.5) is 4.79 Å². The molecule has 2 aromatic heterocycles. The van der Waals surface area contributed by atoms with E-state index in [0.717, 1.165) is 22.8 Å². The van der Waals surface area contributed by atoms with Gasteiger partial charge < -0.3 is 15.1 Å². The van der Waals surface area contributed by atoms with Crippen molar-refractivity contribution in [2.45, 2.75) is 17.5 Å². The van der Waals surface area contributed by atoms with E-state index in [-0.39, 0.29) is 11.4 Å². The van der Waals surface area contributed by atoms with Gasteiger partial charge in [-0.05, 0) is 47.5 Å². The monoisotopic (exact) mass is 551 g/mol. The number of furan rings is 1. The van der Waals surface area contributed by atoms with Crippen LogP contribution in [0.2, 0.25) is 5.02 Å². The molecule has 0 fully saturated rings. The van der Waals surface area contributed by atoms with E-state index < -0.39 is 21.9 Å². The van der Waals surface area contributed by atoms with E-state index in [0.29, 0.717) is 27.0 Å². The number of hydrogen-bond acceptors (Lipinski definition) is 6. The summed E-state index contributed by atoms with van der Waals surface area (Å²) >= 11 is 7.47. The highest BCUT2D eigenvalue weighted by Gasteiger charge is 2.19. The molecule has 0 aliphatic rings. The molecule has 7 nitrogen and oxygen atoms in total. The Hall–Kier alpha value is -3.66. The van der Waals surface area contributed by atoms with Crippen molar-refractivity contribution in [3.63, 3.8) is 0 Å². The molecule has 2 amide bonds. The number of fused-ring (bicyclic) bond motifs is 1. The minimum absolute atomic E-state index is 0.173. The Morgan fingerprint density at radius 2 is 1.81 bits per heavy atom. The minimum Gasteiger partial charge on any atom is -0.454 e. The number of sulfone groups is 1. The van der Waals surface area contributed by atoms with Crippen LogP contribution in [0.5, 0.6) is 0 Å². The van der Waals surface area contributed by atoms with E-state index in [1.54, 1.807) is 42.5 Å². The first-order chi connectivity index (χ1) is 17.8. The van der Waals surface area contributed by atoms with Crippen LogP contribution in [-0.2, 0) is 16.4 Å². The number of benzene rings is 3. The van der Waals surface area contributed by atoms with Crippen molar-refractivity contribution >= 4 is 49.8 Å². The first-order valence-electron chi connectivity index (χ1n) is 11.3. The van der Waals surface area contributed by atoms with E-state index >= 15 is 0 Å². The number of amides is 2. The number of urea groups is 1. The zero-order valence-electron chi connectivity index (χ0n) is 19.6. The molecule has 0 saturated heterocycles. The molecule has 0 aliphatic heterocycles. The third-order valence-corrected chi connectivity index (χ3v) is 7.94. The molecule has 37 heavy (non-hydrogen) atoms. The van der Waals surface area contributed by atoms with E-state index in [4.69, 9.17) is 16.0 Å². The third-order valence-electron chi connectivity index (χ3n) is 5.73. The van der Waals surface area contributed by atoms with Gasteiger partial charge in [-0.15, -0.1) is 11.3 Å². The second-order valence-electron chi connectivity index (χ2n) is 8.43. The Bertz CT molecular complexity index is 1640. The summed E-state index contributed by atoms with van der Waals surface area (Å²) in [5, 5.41) is 9.94. The van der Waals surface area contributed by atoms with Gasteiger partial charge in [0.2, 0.25) is 0 Å². The lowest BCUT2D eigenvalue weighted by Gasteiger charge is -2.21.